The predicted molar refractivity (Wildman–Crippen MR) is 52.4 cm³/mol. The van der Waals surface area contributed by atoms with Crippen LogP contribution < -0.4 is 0 Å². The van der Waals surface area contributed by atoms with Crippen molar-refractivity contribution >= 4 is 28.6 Å². The SMILES string of the molecule is O=C(O)Cc1c[nH]c2nc(Cl)ccc12. The van der Waals surface area contributed by atoms with Crippen LogP contribution >= 0.6 is 11.6 Å². The first-order valence-electron chi connectivity index (χ1n) is 4.01. The molecule has 5 heteroatoms. The summed E-state index contributed by atoms with van der Waals surface area (Å²) >= 11 is 5.69. The van der Waals surface area contributed by atoms with Crippen molar-refractivity contribution in [3.63, 3.8) is 0 Å². The van der Waals surface area contributed by atoms with Crippen molar-refractivity contribution < 1.29 is 9.90 Å². The van der Waals surface area contributed by atoms with Crippen LogP contribution in [-0.2, 0) is 11.2 Å². The third-order valence-electron chi connectivity index (χ3n) is 1.93. The molecule has 0 saturated heterocycles. The van der Waals surface area contributed by atoms with E-state index in [0.29, 0.717) is 10.8 Å². The van der Waals surface area contributed by atoms with Gasteiger partial charge in [0, 0.05) is 11.6 Å². The molecule has 4 nitrogen and oxygen atoms in total. The Morgan fingerprint density at radius 2 is 2.36 bits per heavy atom. The highest BCUT2D eigenvalue weighted by atomic mass is 35.5. The normalized spacial score (nSPS) is 10.6. The van der Waals surface area contributed by atoms with Crippen molar-refractivity contribution in [3.05, 3.63) is 29.0 Å². The second-order valence-electron chi connectivity index (χ2n) is 2.91. The van der Waals surface area contributed by atoms with E-state index >= 15 is 0 Å². The van der Waals surface area contributed by atoms with E-state index in [9.17, 15) is 4.79 Å². The summed E-state index contributed by atoms with van der Waals surface area (Å²) < 4.78 is 0. The van der Waals surface area contributed by atoms with Gasteiger partial charge in [-0.3, -0.25) is 4.79 Å². The summed E-state index contributed by atoms with van der Waals surface area (Å²) in [7, 11) is 0. The van der Waals surface area contributed by atoms with Crippen LogP contribution in [0.4, 0.5) is 0 Å². The van der Waals surface area contributed by atoms with Gasteiger partial charge in [0.1, 0.15) is 10.8 Å². The number of halogens is 1. The molecule has 2 aromatic heterocycles. The number of carboxylic acid groups (broad SMARTS) is 1. The summed E-state index contributed by atoms with van der Waals surface area (Å²) in [6.07, 6.45) is 1.63. The van der Waals surface area contributed by atoms with Gasteiger partial charge in [0.15, 0.2) is 0 Å². The zero-order chi connectivity index (χ0) is 10.1. The van der Waals surface area contributed by atoms with Crippen molar-refractivity contribution in [2.75, 3.05) is 0 Å². The summed E-state index contributed by atoms with van der Waals surface area (Å²) in [6, 6.07) is 3.41. The standard InChI is InChI=1S/C9H7ClN2O2/c10-7-2-1-6-5(3-8(13)14)4-11-9(6)12-7/h1-2,4H,3H2,(H,11,12)(H,13,14). The van der Waals surface area contributed by atoms with E-state index in [0.717, 1.165) is 10.9 Å². The lowest BCUT2D eigenvalue weighted by molar-refractivity contribution is -0.136. The number of carbonyl (C=O) groups is 1. The van der Waals surface area contributed by atoms with Gasteiger partial charge >= 0.3 is 5.97 Å². The number of carboxylic acids is 1. The fourth-order valence-electron chi connectivity index (χ4n) is 1.35. The number of rotatable bonds is 2. The average molecular weight is 211 g/mol. The number of fused-ring (bicyclic) bond motifs is 1. The molecule has 0 unspecified atom stereocenters. The van der Waals surface area contributed by atoms with E-state index in [4.69, 9.17) is 16.7 Å². The van der Waals surface area contributed by atoms with Crippen molar-refractivity contribution in [1.29, 1.82) is 0 Å². The number of hydrogen-bond donors (Lipinski definition) is 2. The quantitative estimate of drug-likeness (QED) is 0.744. The van der Waals surface area contributed by atoms with Gasteiger partial charge in [-0.25, -0.2) is 4.98 Å². The van der Waals surface area contributed by atoms with Gasteiger partial charge in [-0.1, -0.05) is 11.6 Å². The second-order valence-corrected chi connectivity index (χ2v) is 3.30. The maximum atomic E-state index is 10.5. The van der Waals surface area contributed by atoms with E-state index in [1.54, 1.807) is 18.3 Å². The monoisotopic (exact) mass is 210 g/mol. The lowest BCUT2D eigenvalue weighted by Crippen LogP contribution is -1.98. The number of H-pyrrole nitrogens is 1. The molecule has 2 rings (SSSR count). The molecule has 0 spiro atoms. The van der Waals surface area contributed by atoms with Gasteiger partial charge < -0.3 is 10.1 Å². The first-order valence-corrected chi connectivity index (χ1v) is 4.39. The van der Waals surface area contributed by atoms with Gasteiger partial charge in [-0.15, -0.1) is 0 Å². The Bertz CT molecular complexity index is 493. The maximum Gasteiger partial charge on any atom is 0.307 e. The Morgan fingerprint density at radius 1 is 1.57 bits per heavy atom. The Hall–Kier alpha value is -1.55. The molecule has 2 aromatic rings. The van der Waals surface area contributed by atoms with Crippen LogP contribution in [0, 0.1) is 0 Å². The molecule has 72 valence electrons. The van der Waals surface area contributed by atoms with Crippen LogP contribution in [0.25, 0.3) is 11.0 Å². The highest BCUT2D eigenvalue weighted by Crippen LogP contribution is 2.19. The maximum absolute atomic E-state index is 10.5. The van der Waals surface area contributed by atoms with Crippen molar-refractivity contribution in [2.24, 2.45) is 0 Å². The molecule has 0 aliphatic heterocycles. The summed E-state index contributed by atoms with van der Waals surface area (Å²) in [5, 5.41) is 9.83. The van der Waals surface area contributed by atoms with Gasteiger partial charge in [0.05, 0.1) is 6.42 Å². The smallest absolute Gasteiger partial charge is 0.307 e. The fraction of sp³-hybridized carbons (Fsp3) is 0.111. The molecule has 0 aromatic carbocycles. The number of pyridine rings is 1. The first-order chi connectivity index (χ1) is 6.66. The summed E-state index contributed by atoms with van der Waals surface area (Å²) in [6.45, 7) is 0. The minimum atomic E-state index is -0.860. The molecule has 2 N–H and O–H groups in total. The van der Waals surface area contributed by atoms with Gasteiger partial charge in [0.2, 0.25) is 0 Å². The molecule has 0 amide bonds. The van der Waals surface area contributed by atoms with Crippen LogP contribution in [0.2, 0.25) is 5.15 Å². The molecule has 14 heavy (non-hydrogen) atoms. The zero-order valence-corrected chi connectivity index (χ0v) is 7.88. The van der Waals surface area contributed by atoms with Crippen LogP contribution in [0.3, 0.4) is 0 Å². The van der Waals surface area contributed by atoms with E-state index in [-0.39, 0.29) is 6.42 Å². The van der Waals surface area contributed by atoms with Gasteiger partial charge in [-0.2, -0.15) is 0 Å². The van der Waals surface area contributed by atoms with Crippen LogP contribution in [0.15, 0.2) is 18.3 Å². The largest absolute Gasteiger partial charge is 0.481 e. The average Bonchev–Trinajstić information content (AvgIpc) is 2.47. The predicted octanol–water partition coefficient (Wildman–Crippen LogP) is 1.84. The number of nitrogens with one attached hydrogen (secondary N) is 1. The summed E-state index contributed by atoms with van der Waals surface area (Å²) in [5.74, 6) is -0.860. The lowest BCUT2D eigenvalue weighted by atomic mass is 10.2. The molecule has 0 aliphatic rings. The Kier molecular flexibility index (Phi) is 2.13. The van der Waals surface area contributed by atoms with Crippen molar-refractivity contribution in [1.82, 2.24) is 9.97 Å². The van der Waals surface area contributed by atoms with Crippen LogP contribution in [-0.4, -0.2) is 21.0 Å². The van der Waals surface area contributed by atoms with Gasteiger partial charge in [-0.05, 0) is 17.7 Å². The molecule has 0 saturated carbocycles. The summed E-state index contributed by atoms with van der Waals surface area (Å²) in [4.78, 5) is 17.4. The topological polar surface area (TPSA) is 66.0 Å². The molecular formula is C9H7ClN2O2. The van der Waals surface area contributed by atoms with Crippen molar-refractivity contribution in [3.8, 4) is 0 Å². The Balaban J connectivity index is 2.52. The molecule has 0 fully saturated rings. The van der Waals surface area contributed by atoms with E-state index < -0.39 is 5.97 Å². The van der Waals surface area contributed by atoms with Gasteiger partial charge in [0.25, 0.3) is 0 Å². The van der Waals surface area contributed by atoms with E-state index in [2.05, 4.69) is 9.97 Å². The Morgan fingerprint density at radius 3 is 3.07 bits per heavy atom. The minimum absolute atomic E-state index is 0.0106. The minimum Gasteiger partial charge on any atom is -0.481 e. The highest BCUT2D eigenvalue weighted by molar-refractivity contribution is 6.29. The van der Waals surface area contributed by atoms with E-state index in [1.807, 2.05) is 0 Å². The summed E-state index contributed by atoms with van der Waals surface area (Å²) in [5.41, 5.74) is 1.34. The third kappa shape index (κ3) is 1.56. The fourth-order valence-corrected chi connectivity index (χ4v) is 1.49. The molecule has 0 atom stereocenters. The molecular weight excluding hydrogens is 204 g/mol. The first kappa shape index (κ1) is 9.02. The number of nitrogens with zero attached hydrogens (tertiary/aromatic N) is 1. The zero-order valence-electron chi connectivity index (χ0n) is 7.12. The second kappa shape index (κ2) is 3.31. The number of aromatic nitrogens is 2. The number of aromatic amines is 1. The number of aliphatic carboxylic acids is 1. The molecule has 0 bridgehead atoms. The van der Waals surface area contributed by atoms with Crippen molar-refractivity contribution in [2.45, 2.75) is 6.42 Å². The molecule has 0 radical (unpaired) electrons. The Labute approximate surface area is 84.5 Å². The number of hydrogen-bond acceptors (Lipinski definition) is 2. The molecule has 0 aliphatic carbocycles. The molecule has 2 heterocycles. The lowest BCUT2D eigenvalue weighted by Gasteiger charge is -1.93. The van der Waals surface area contributed by atoms with E-state index in [1.165, 1.54) is 0 Å². The third-order valence-corrected chi connectivity index (χ3v) is 2.14. The van der Waals surface area contributed by atoms with Crippen LogP contribution in [0.5, 0.6) is 0 Å². The highest BCUT2D eigenvalue weighted by Gasteiger charge is 2.08. The van der Waals surface area contributed by atoms with Crippen LogP contribution in [0.1, 0.15) is 5.56 Å².